The Morgan fingerprint density at radius 2 is 2.21 bits per heavy atom. The predicted molar refractivity (Wildman–Crippen MR) is 75.5 cm³/mol. The van der Waals surface area contributed by atoms with Crippen LogP contribution >= 0.6 is 11.3 Å². The molecule has 1 aromatic rings. The molecule has 5 heteroatoms. The Balaban J connectivity index is 1.66. The van der Waals surface area contributed by atoms with Crippen molar-refractivity contribution in [1.29, 1.82) is 0 Å². The molecular weight excluding hydrogens is 260 g/mol. The first kappa shape index (κ1) is 12.9. The molecular formula is C14H20N2O2S. The Kier molecular flexibility index (Phi) is 3.25. The number of aromatic amines is 1. The lowest BCUT2D eigenvalue weighted by atomic mass is 9.84. The third-order valence-corrected chi connectivity index (χ3v) is 5.81. The molecule has 104 valence electrons. The van der Waals surface area contributed by atoms with Crippen molar-refractivity contribution in [3.63, 3.8) is 0 Å². The van der Waals surface area contributed by atoms with E-state index in [1.165, 1.54) is 25.7 Å². The zero-order chi connectivity index (χ0) is 13.6. The molecule has 0 aliphatic heterocycles. The van der Waals surface area contributed by atoms with Crippen molar-refractivity contribution in [2.45, 2.75) is 45.6 Å². The molecule has 19 heavy (non-hydrogen) atoms. The van der Waals surface area contributed by atoms with E-state index in [0.717, 1.165) is 23.2 Å². The van der Waals surface area contributed by atoms with E-state index in [1.807, 2.05) is 0 Å². The van der Waals surface area contributed by atoms with Crippen LogP contribution in [0.25, 0.3) is 0 Å². The minimum Gasteiger partial charge on any atom is -0.349 e. The largest absolute Gasteiger partial charge is 0.349 e. The van der Waals surface area contributed by atoms with Gasteiger partial charge in [-0.15, -0.1) is 0 Å². The van der Waals surface area contributed by atoms with Gasteiger partial charge in [0.05, 0.1) is 0 Å². The van der Waals surface area contributed by atoms with Crippen molar-refractivity contribution in [2.75, 3.05) is 0 Å². The lowest BCUT2D eigenvalue weighted by Crippen LogP contribution is -2.40. The zero-order valence-electron chi connectivity index (χ0n) is 11.4. The number of amides is 1. The standard InChI is InChI=1S/C14H20N2O2S/c1-7(11-6-9-3-4-10(11)5-9)15-13(17)12-8(2)16-14(18)19-12/h7,9-11H,3-6H2,1-2H3,(H,15,17)(H,16,18). The van der Waals surface area contributed by atoms with Crippen LogP contribution in [0.2, 0.25) is 0 Å². The van der Waals surface area contributed by atoms with Gasteiger partial charge >= 0.3 is 4.87 Å². The molecule has 1 aromatic heterocycles. The predicted octanol–water partition coefficient (Wildman–Crippen LogP) is 2.30. The Morgan fingerprint density at radius 1 is 1.42 bits per heavy atom. The molecule has 2 fully saturated rings. The number of aromatic nitrogens is 1. The molecule has 4 unspecified atom stereocenters. The van der Waals surface area contributed by atoms with Gasteiger partial charge in [-0.1, -0.05) is 17.8 Å². The summed E-state index contributed by atoms with van der Waals surface area (Å²) in [6.07, 6.45) is 5.31. The number of nitrogens with one attached hydrogen (secondary N) is 2. The van der Waals surface area contributed by atoms with Gasteiger partial charge in [-0.05, 0) is 50.9 Å². The summed E-state index contributed by atoms with van der Waals surface area (Å²) in [7, 11) is 0. The van der Waals surface area contributed by atoms with E-state index in [9.17, 15) is 9.59 Å². The van der Waals surface area contributed by atoms with Gasteiger partial charge in [-0.3, -0.25) is 9.59 Å². The van der Waals surface area contributed by atoms with E-state index in [1.54, 1.807) is 6.92 Å². The zero-order valence-corrected chi connectivity index (χ0v) is 12.2. The van der Waals surface area contributed by atoms with Gasteiger partial charge in [-0.25, -0.2) is 0 Å². The normalized spacial score (nSPS) is 30.5. The van der Waals surface area contributed by atoms with E-state index in [4.69, 9.17) is 0 Å². The second-order valence-electron chi connectivity index (χ2n) is 6.07. The summed E-state index contributed by atoms with van der Waals surface area (Å²) in [6.45, 7) is 3.88. The first-order valence-corrected chi connectivity index (χ1v) is 7.87. The SMILES string of the molecule is Cc1[nH]c(=O)sc1C(=O)NC(C)C1CC2CCC1C2. The number of hydrogen-bond donors (Lipinski definition) is 2. The van der Waals surface area contributed by atoms with Gasteiger partial charge in [-0.2, -0.15) is 0 Å². The van der Waals surface area contributed by atoms with Crippen molar-refractivity contribution < 1.29 is 4.79 Å². The molecule has 2 aliphatic rings. The minimum atomic E-state index is -0.157. The maximum absolute atomic E-state index is 12.2. The second kappa shape index (κ2) is 4.78. The Morgan fingerprint density at radius 3 is 2.74 bits per heavy atom. The van der Waals surface area contributed by atoms with E-state index in [2.05, 4.69) is 17.2 Å². The van der Waals surface area contributed by atoms with Gasteiger partial charge in [0.1, 0.15) is 4.88 Å². The summed E-state index contributed by atoms with van der Waals surface area (Å²) in [5.41, 5.74) is 0.674. The van der Waals surface area contributed by atoms with Crippen LogP contribution < -0.4 is 10.2 Å². The summed E-state index contributed by atoms with van der Waals surface area (Å²) < 4.78 is 0. The molecule has 0 aromatic carbocycles. The van der Waals surface area contributed by atoms with Gasteiger partial charge in [0.2, 0.25) is 0 Å². The first-order valence-electron chi connectivity index (χ1n) is 7.05. The van der Waals surface area contributed by atoms with E-state index in [0.29, 0.717) is 16.5 Å². The van der Waals surface area contributed by atoms with Crippen LogP contribution in [0.3, 0.4) is 0 Å². The van der Waals surface area contributed by atoms with E-state index in [-0.39, 0.29) is 16.8 Å². The number of rotatable bonds is 3. The first-order chi connectivity index (χ1) is 9.04. The average Bonchev–Trinajstić information content (AvgIpc) is 3.03. The van der Waals surface area contributed by atoms with Crippen LogP contribution in [-0.4, -0.2) is 16.9 Å². The molecule has 4 atom stereocenters. The Bertz CT molecular complexity index is 548. The highest BCUT2D eigenvalue weighted by atomic mass is 32.1. The van der Waals surface area contributed by atoms with E-state index >= 15 is 0 Å². The number of aryl methyl sites for hydroxylation is 1. The Labute approximate surface area is 116 Å². The number of hydrogen-bond acceptors (Lipinski definition) is 3. The maximum atomic E-state index is 12.2. The molecule has 1 heterocycles. The summed E-state index contributed by atoms with van der Waals surface area (Å²) in [5, 5.41) is 3.09. The fourth-order valence-electron chi connectivity index (χ4n) is 3.91. The average molecular weight is 280 g/mol. The van der Waals surface area contributed by atoms with Crippen molar-refractivity contribution in [3.05, 3.63) is 20.2 Å². The van der Waals surface area contributed by atoms with E-state index < -0.39 is 0 Å². The fourth-order valence-corrected chi connectivity index (χ4v) is 4.65. The van der Waals surface area contributed by atoms with Crippen LogP contribution in [0.4, 0.5) is 0 Å². The second-order valence-corrected chi connectivity index (χ2v) is 7.05. The molecule has 0 spiro atoms. The van der Waals surface area contributed by atoms with Crippen LogP contribution in [0.1, 0.15) is 48.0 Å². The van der Waals surface area contributed by atoms with Crippen LogP contribution in [0.15, 0.2) is 4.79 Å². The van der Waals surface area contributed by atoms with Gasteiger partial charge in [0.15, 0.2) is 0 Å². The smallest absolute Gasteiger partial charge is 0.305 e. The lowest BCUT2D eigenvalue weighted by Gasteiger charge is -2.28. The van der Waals surface area contributed by atoms with Crippen molar-refractivity contribution in [2.24, 2.45) is 17.8 Å². The highest BCUT2D eigenvalue weighted by Gasteiger charge is 2.42. The molecule has 0 saturated heterocycles. The molecule has 0 radical (unpaired) electrons. The van der Waals surface area contributed by atoms with Gasteiger partial charge in [0, 0.05) is 11.7 Å². The maximum Gasteiger partial charge on any atom is 0.305 e. The van der Waals surface area contributed by atoms with Gasteiger partial charge in [0.25, 0.3) is 5.91 Å². The minimum absolute atomic E-state index is 0.101. The van der Waals surface area contributed by atoms with Crippen LogP contribution in [0, 0.1) is 24.7 Å². The van der Waals surface area contributed by atoms with Crippen molar-refractivity contribution >= 4 is 17.2 Å². The van der Waals surface area contributed by atoms with Crippen LogP contribution in [0.5, 0.6) is 0 Å². The quantitative estimate of drug-likeness (QED) is 0.892. The van der Waals surface area contributed by atoms with Crippen molar-refractivity contribution in [3.8, 4) is 0 Å². The molecule has 2 aliphatic carbocycles. The number of carbonyl (C=O) groups is 1. The molecule has 3 rings (SSSR count). The van der Waals surface area contributed by atoms with Gasteiger partial charge < -0.3 is 10.3 Å². The fraction of sp³-hybridized carbons (Fsp3) is 0.714. The number of carbonyl (C=O) groups excluding carboxylic acids is 1. The highest BCUT2D eigenvalue weighted by Crippen LogP contribution is 2.49. The summed E-state index contributed by atoms with van der Waals surface area (Å²) in [6, 6.07) is 0.208. The topological polar surface area (TPSA) is 62.0 Å². The molecule has 2 bridgehead atoms. The number of thiazole rings is 1. The number of H-pyrrole nitrogens is 1. The third kappa shape index (κ3) is 2.36. The Hall–Kier alpha value is -1.10. The monoisotopic (exact) mass is 280 g/mol. The molecule has 4 nitrogen and oxygen atoms in total. The molecule has 1 amide bonds. The lowest BCUT2D eigenvalue weighted by molar-refractivity contribution is 0.0918. The third-order valence-electron chi connectivity index (χ3n) is 4.82. The summed E-state index contributed by atoms with van der Waals surface area (Å²) in [4.78, 5) is 26.5. The molecule has 2 saturated carbocycles. The highest BCUT2D eigenvalue weighted by molar-refractivity contribution is 7.11. The molecule has 2 N–H and O–H groups in total. The summed E-state index contributed by atoms with van der Waals surface area (Å²) >= 11 is 0.999. The van der Waals surface area contributed by atoms with Crippen LogP contribution in [-0.2, 0) is 0 Å². The summed E-state index contributed by atoms with van der Waals surface area (Å²) in [5.74, 6) is 2.21. The van der Waals surface area contributed by atoms with Crippen molar-refractivity contribution in [1.82, 2.24) is 10.3 Å². The number of fused-ring (bicyclic) bond motifs is 2.